The van der Waals surface area contributed by atoms with Gasteiger partial charge in [0.2, 0.25) is 0 Å². The first-order valence-electron chi connectivity index (χ1n) is 2.55. The van der Waals surface area contributed by atoms with Crippen molar-refractivity contribution in [1.29, 1.82) is 0 Å². The lowest BCUT2D eigenvalue weighted by Gasteiger charge is -1.92. The van der Waals surface area contributed by atoms with Gasteiger partial charge in [-0.3, -0.25) is 0 Å². The fourth-order valence-electron chi connectivity index (χ4n) is 0.546. The molecule has 0 aromatic heterocycles. The van der Waals surface area contributed by atoms with Crippen LogP contribution in [0.5, 0.6) is 0 Å². The largest absolute Gasteiger partial charge is 0.207 e. The number of rotatable bonds is 1. The quantitative estimate of drug-likeness (QED) is 0.605. The average molecular weight is 197 g/mol. The Labute approximate surface area is 69.9 Å². The van der Waals surface area contributed by atoms with Gasteiger partial charge in [-0.1, -0.05) is 20.4 Å². The van der Waals surface area contributed by atoms with Gasteiger partial charge in [0, 0.05) is 0 Å². The molecule has 0 radical (unpaired) electrons. The third kappa shape index (κ3) is 2.92. The third-order valence-corrected chi connectivity index (χ3v) is 2.68. The van der Waals surface area contributed by atoms with Gasteiger partial charge in [0.1, 0.15) is 5.82 Å². The van der Waals surface area contributed by atoms with E-state index in [-0.39, 0.29) is 18.2 Å². The molecule has 1 aromatic rings. The van der Waals surface area contributed by atoms with Gasteiger partial charge in [0.25, 0.3) is 0 Å². The van der Waals surface area contributed by atoms with Crippen molar-refractivity contribution < 1.29 is 4.39 Å². The summed E-state index contributed by atoms with van der Waals surface area (Å²) in [5.41, 5.74) is 0. The van der Waals surface area contributed by atoms with Crippen molar-refractivity contribution in [2.45, 2.75) is 0 Å². The molecule has 0 amide bonds. The first kappa shape index (κ1) is 10.3. The summed E-state index contributed by atoms with van der Waals surface area (Å²) in [5.74, 6) is -0.165. The molecule has 0 heterocycles. The summed E-state index contributed by atoms with van der Waals surface area (Å²) in [6.07, 6.45) is 0. The van der Waals surface area contributed by atoms with Crippen molar-refractivity contribution >= 4 is 34.9 Å². The van der Waals surface area contributed by atoms with Crippen LogP contribution in [0.3, 0.4) is 0 Å². The highest BCUT2D eigenvalue weighted by Gasteiger charge is 1.87. The standard InChI is InChI=1S/C6H7FP2.ClH/c7-5-1-3-6(9-8)4-2-5;/h1-4,9H,8H2;1H. The summed E-state index contributed by atoms with van der Waals surface area (Å²) in [5, 5.41) is 1.17. The second-order valence-corrected chi connectivity index (χ2v) is 3.38. The minimum Gasteiger partial charge on any atom is -0.207 e. The molecular formula is C6H8ClFP2. The van der Waals surface area contributed by atoms with Crippen LogP contribution >= 0.6 is 29.6 Å². The van der Waals surface area contributed by atoms with Crippen LogP contribution in [-0.2, 0) is 0 Å². The molecule has 2 atom stereocenters. The van der Waals surface area contributed by atoms with E-state index in [9.17, 15) is 4.39 Å². The predicted octanol–water partition coefficient (Wildman–Crippen LogP) is 2.34. The van der Waals surface area contributed by atoms with E-state index in [2.05, 4.69) is 8.93 Å². The minimum absolute atomic E-state index is 0. The Kier molecular flexibility index (Phi) is 5.17. The molecule has 0 aliphatic heterocycles. The van der Waals surface area contributed by atoms with Crippen LogP contribution in [0.4, 0.5) is 4.39 Å². The molecule has 0 nitrogen and oxygen atoms in total. The maximum absolute atomic E-state index is 12.2. The van der Waals surface area contributed by atoms with Crippen LogP contribution in [0.25, 0.3) is 0 Å². The van der Waals surface area contributed by atoms with Gasteiger partial charge < -0.3 is 0 Å². The van der Waals surface area contributed by atoms with Crippen LogP contribution < -0.4 is 5.30 Å². The zero-order valence-electron chi connectivity index (χ0n) is 5.17. The Hall–Kier alpha value is 0.300. The van der Waals surface area contributed by atoms with Crippen LogP contribution in [-0.4, -0.2) is 0 Å². The third-order valence-electron chi connectivity index (χ3n) is 1.01. The molecule has 0 aliphatic rings. The molecule has 2 unspecified atom stereocenters. The molecule has 10 heavy (non-hydrogen) atoms. The monoisotopic (exact) mass is 196 g/mol. The van der Waals surface area contributed by atoms with Crippen LogP contribution in [0.2, 0.25) is 0 Å². The van der Waals surface area contributed by atoms with E-state index in [0.717, 1.165) is 0 Å². The molecule has 4 heteroatoms. The van der Waals surface area contributed by atoms with E-state index in [1.807, 2.05) is 0 Å². The first-order chi connectivity index (χ1) is 4.33. The Bertz CT molecular complexity index is 187. The number of hydrogen-bond donors (Lipinski definition) is 0. The van der Waals surface area contributed by atoms with E-state index >= 15 is 0 Å². The topological polar surface area (TPSA) is 0 Å². The van der Waals surface area contributed by atoms with E-state index in [1.165, 1.54) is 17.4 Å². The Morgan fingerprint density at radius 2 is 1.70 bits per heavy atom. The summed E-state index contributed by atoms with van der Waals surface area (Å²) in [6, 6.07) is 6.54. The Morgan fingerprint density at radius 1 is 1.20 bits per heavy atom. The molecule has 1 rings (SSSR count). The molecule has 0 N–H and O–H groups in total. The Balaban J connectivity index is 0.000000810. The van der Waals surface area contributed by atoms with Gasteiger partial charge in [-0.2, -0.15) is 0 Å². The van der Waals surface area contributed by atoms with Gasteiger partial charge in [-0.15, -0.1) is 21.3 Å². The summed E-state index contributed by atoms with van der Waals surface area (Å²) in [7, 11) is 3.29. The van der Waals surface area contributed by atoms with E-state index < -0.39 is 0 Å². The van der Waals surface area contributed by atoms with Gasteiger partial charge in [0.15, 0.2) is 0 Å². The molecular weight excluding hydrogens is 188 g/mol. The van der Waals surface area contributed by atoms with Gasteiger partial charge in [0.05, 0.1) is 0 Å². The van der Waals surface area contributed by atoms with E-state index in [0.29, 0.717) is 8.27 Å². The van der Waals surface area contributed by atoms with Gasteiger partial charge in [-0.25, -0.2) is 4.39 Å². The molecule has 0 saturated heterocycles. The summed E-state index contributed by atoms with van der Waals surface area (Å²) < 4.78 is 12.2. The predicted molar refractivity (Wildman–Crippen MR) is 51.3 cm³/mol. The minimum atomic E-state index is -0.165. The van der Waals surface area contributed by atoms with Crippen molar-refractivity contribution in [2.75, 3.05) is 0 Å². The van der Waals surface area contributed by atoms with Crippen molar-refractivity contribution in [3.63, 3.8) is 0 Å². The van der Waals surface area contributed by atoms with Crippen LogP contribution in [0.1, 0.15) is 0 Å². The van der Waals surface area contributed by atoms with Gasteiger partial charge in [-0.05, 0) is 17.4 Å². The highest BCUT2D eigenvalue weighted by Crippen LogP contribution is 2.18. The van der Waals surface area contributed by atoms with Crippen LogP contribution in [0.15, 0.2) is 24.3 Å². The summed E-state index contributed by atoms with van der Waals surface area (Å²) in [6.45, 7) is 0. The number of benzene rings is 1. The maximum Gasteiger partial charge on any atom is 0.123 e. The fraction of sp³-hybridized carbons (Fsp3) is 0. The highest BCUT2D eigenvalue weighted by atomic mass is 35.5. The SMILES string of the molecule is Cl.Fc1ccc(PP)cc1. The van der Waals surface area contributed by atoms with Crippen molar-refractivity contribution in [2.24, 2.45) is 0 Å². The number of hydrogen-bond acceptors (Lipinski definition) is 0. The first-order valence-corrected chi connectivity index (χ1v) is 5.36. The van der Waals surface area contributed by atoms with Crippen molar-refractivity contribution in [3.05, 3.63) is 30.1 Å². The zero-order valence-corrected chi connectivity index (χ0v) is 8.14. The van der Waals surface area contributed by atoms with E-state index in [1.54, 1.807) is 12.1 Å². The fourth-order valence-corrected chi connectivity index (χ4v) is 1.48. The second-order valence-electron chi connectivity index (χ2n) is 1.65. The molecule has 0 saturated carbocycles. The zero-order chi connectivity index (χ0) is 6.69. The smallest absolute Gasteiger partial charge is 0.123 e. The Morgan fingerprint density at radius 3 is 2.10 bits per heavy atom. The molecule has 56 valence electrons. The lowest BCUT2D eigenvalue weighted by atomic mass is 10.4. The highest BCUT2D eigenvalue weighted by molar-refractivity contribution is 8.06. The lowest BCUT2D eigenvalue weighted by Crippen LogP contribution is -1.88. The molecule has 0 bridgehead atoms. The number of halogens is 2. The lowest BCUT2D eigenvalue weighted by molar-refractivity contribution is 0.628. The maximum atomic E-state index is 12.2. The molecule has 1 aromatic carbocycles. The van der Waals surface area contributed by atoms with Gasteiger partial charge >= 0.3 is 0 Å². The van der Waals surface area contributed by atoms with Crippen LogP contribution in [0, 0.1) is 5.82 Å². The van der Waals surface area contributed by atoms with Crippen molar-refractivity contribution in [3.8, 4) is 0 Å². The molecule has 0 spiro atoms. The summed E-state index contributed by atoms with van der Waals surface area (Å²) >= 11 is 0. The second kappa shape index (κ2) is 5.02. The summed E-state index contributed by atoms with van der Waals surface area (Å²) in [4.78, 5) is 0. The van der Waals surface area contributed by atoms with E-state index in [4.69, 9.17) is 0 Å². The molecule has 0 fully saturated rings. The molecule has 0 aliphatic carbocycles. The normalized spacial score (nSPS) is 9.80. The average Bonchev–Trinajstić information content (AvgIpc) is 1.90. The van der Waals surface area contributed by atoms with Crippen molar-refractivity contribution in [1.82, 2.24) is 0 Å².